The Morgan fingerprint density at radius 1 is 1.11 bits per heavy atom. The van der Waals surface area contributed by atoms with Crippen molar-refractivity contribution in [3.05, 3.63) is 70.0 Å². The molecule has 1 saturated carbocycles. The third kappa shape index (κ3) is 7.02. The van der Waals surface area contributed by atoms with Gasteiger partial charge in [-0.2, -0.15) is 0 Å². The Bertz CT molecular complexity index is 1300. The molecule has 1 aromatic heterocycles. The molecule has 8 nitrogen and oxygen atoms in total. The van der Waals surface area contributed by atoms with E-state index in [0.717, 1.165) is 31.2 Å². The number of hydrogen-bond donors (Lipinski definition) is 2. The number of methoxy groups -OCH3 is 1. The van der Waals surface area contributed by atoms with Crippen molar-refractivity contribution >= 4 is 34.5 Å². The van der Waals surface area contributed by atoms with Gasteiger partial charge in [0.1, 0.15) is 0 Å². The summed E-state index contributed by atoms with van der Waals surface area (Å²) >= 11 is 1.29. The summed E-state index contributed by atoms with van der Waals surface area (Å²) < 4.78 is 6.65. The van der Waals surface area contributed by atoms with Crippen LogP contribution in [0, 0.1) is 0 Å². The van der Waals surface area contributed by atoms with Crippen LogP contribution in [0.2, 0.25) is 0 Å². The first-order valence-corrected chi connectivity index (χ1v) is 14.2. The molecule has 1 heterocycles. The summed E-state index contributed by atoms with van der Waals surface area (Å²) in [5.41, 5.74) is 1.92. The molecular formula is C29H36N4O4S. The molecule has 4 rings (SSSR count). The molecule has 1 aliphatic carbocycles. The number of ether oxygens (including phenoxy) is 1. The van der Waals surface area contributed by atoms with Gasteiger partial charge >= 0.3 is 0 Å². The number of benzene rings is 2. The number of fused-ring (bicyclic) bond motifs is 1. The van der Waals surface area contributed by atoms with E-state index < -0.39 is 5.25 Å². The molecule has 1 fully saturated rings. The van der Waals surface area contributed by atoms with Gasteiger partial charge in [0.05, 0.1) is 29.3 Å². The van der Waals surface area contributed by atoms with Crippen LogP contribution in [0.15, 0.2) is 58.5 Å². The van der Waals surface area contributed by atoms with Crippen LogP contribution in [0.3, 0.4) is 0 Å². The Balaban J connectivity index is 1.56. The molecule has 9 heteroatoms. The SMILES string of the molecule is CC[C@H](Sc1nc2ccccc2c(=O)n1Cc1ccc(C(=O)NC2CCCCC2)cc1)C(=O)NCCOC. The van der Waals surface area contributed by atoms with E-state index in [1.807, 2.05) is 37.3 Å². The zero-order valence-corrected chi connectivity index (χ0v) is 22.9. The maximum atomic E-state index is 13.5. The summed E-state index contributed by atoms with van der Waals surface area (Å²) in [5.74, 6) is -0.175. The number of carbonyl (C=O) groups excluding carboxylic acids is 2. The summed E-state index contributed by atoms with van der Waals surface area (Å²) in [6.07, 6.45) is 6.20. The Hall–Kier alpha value is -3.17. The van der Waals surface area contributed by atoms with Crippen LogP contribution in [-0.2, 0) is 16.1 Å². The van der Waals surface area contributed by atoms with Crippen molar-refractivity contribution in [2.75, 3.05) is 20.3 Å². The molecule has 38 heavy (non-hydrogen) atoms. The number of thioether (sulfide) groups is 1. The largest absolute Gasteiger partial charge is 0.383 e. The lowest BCUT2D eigenvalue weighted by molar-refractivity contribution is -0.120. The fraction of sp³-hybridized carbons (Fsp3) is 0.448. The summed E-state index contributed by atoms with van der Waals surface area (Å²) in [6, 6.07) is 14.8. The van der Waals surface area contributed by atoms with Crippen LogP contribution >= 0.6 is 11.8 Å². The van der Waals surface area contributed by atoms with E-state index in [9.17, 15) is 14.4 Å². The van der Waals surface area contributed by atoms with Crippen LogP contribution in [0.25, 0.3) is 10.9 Å². The van der Waals surface area contributed by atoms with Crippen molar-refractivity contribution in [1.29, 1.82) is 0 Å². The van der Waals surface area contributed by atoms with Crippen LogP contribution < -0.4 is 16.2 Å². The van der Waals surface area contributed by atoms with Gasteiger partial charge in [-0.15, -0.1) is 0 Å². The third-order valence-corrected chi connectivity index (χ3v) is 8.19. The Kier molecular flexibility index (Phi) is 9.95. The highest BCUT2D eigenvalue weighted by atomic mass is 32.2. The lowest BCUT2D eigenvalue weighted by atomic mass is 9.95. The van der Waals surface area contributed by atoms with E-state index >= 15 is 0 Å². The zero-order valence-electron chi connectivity index (χ0n) is 22.1. The van der Waals surface area contributed by atoms with Gasteiger partial charge in [-0.25, -0.2) is 4.98 Å². The van der Waals surface area contributed by atoms with E-state index in [-0.39, 0.29) is 30.0 Å². The third-order valence-electron chi connectivity index (χ3n) is 6.84. The van der Waals surface area contributed by atoms with Crippen LogP contribution in [0.5, 0.6) is 0 Å². The van der Waals surface area contributed by atoms with Crippen LogP contribution in [0.4, 0.5) is 0 Å². The molecule has 0 spiro atoms. The topological polar surface area (TPSA) is 102 Å². The predicted molar refractivity (Wildman–Crippen MR) is 151 cm³/mol. The summed E-state index contributed by atoms with van der Waals surface area (Å²) in [4.78, 5) is 43.8. The van der Waals surface area contributed by atoms with E-state index in [2.05, 4.69) is 10.6 Å². The molecule has 1 atom stereocenters. The minimum Gasteiger partial charge on any atom is -0.383 e. The Morgan fingerprint density at radius 2 is 1.84 bits per heavy atom. The molecule has 2 aromatic carbocycles. The highest BCUT2D eigenvalue weighted by molar-refractivity contribution is 8.00. The van der Waals surface area contributed by atoms with Gasteiger partial charge in [-0.3, -0.25) is 19.0 Å². The van der Waals surface area contributed by atoms with Crippen LogP contribution in [0.1, 0.15) is 61.4 Å². The number of rotatable bonds is 11. The molecule has 202 valence electrons. The minimum absolute atomic E-state index is 0.0606. The number of aromatic nitrogens is 2. The zero-order chi connectivity index (χ0) is 26.9. The van der Waals surface area contributed by atoms with Gasteiger partial charge in [0.15, 0.2) is 5.16 Å². The second-order valence-corrected chi connectivity index (χ2v) is 10.8. The molecule has 0 radical (unpaired) electrons. The molecule has 0 unspecified atom stereocenters. The fourth-order valence-electron chi connectivity index (χ4n) is 4.68. The number of carbonyl (C=O) groups is 2. The first-order valence-electron chi connectivity index (χ1n) is 13.3. The number of nitrogens with one attached hydrogen (secondary N) is 2. The number of nitrogens with zero attached hydrogens (tertiary/aromatic N) is 2. The Labute approximate surface area is 227 Å². The van der Waals surface area contributed by atoms with Gasteiger partial charge < -0.3 is 15.4 Å². The monoisotopic (exact) mass is 536 g/mol. The molecule has 1 aliphatic rings. The van der Waals surface area contributed by atoms with E-state index in [4.69, 9.17) is 9.72 Å². The summed E-state index contributed by atoms with van der Waals surface area (Å²) in [7, 11) is 1.59. The maximum Gasteiger partial charge on any atom is 0.262 e. The van der Waals surface area contributed by atoms with Gasteiger partial charge in [0.25, 0.3) is 11.5 Å². The fourth-order valence-corrected chi connectivity index (χ4v) is 5.71. The molecule has 2 amide bonds. The lowest BCUT2D eigenvalue weighted by Gasteiger charge is -2.22. The maximum absolute atomic E-state index is 13.5. The van der Waals surface area contributed by atoms with E-state index in [1.54, 1.807) is 29.9 Å². The number of para-hydroxylation sites is 1. The highest BCUT2D eigenvalue weighted by Crippen LogP contribution is 2.26. The van der Waals surface area contributed by atoms with Gasteiger partial charge in [0, 0.05) is 25.3 Å². The molecule has 0 bridgehead atoms. The standard InChI is InChI=1S/C29H36N4O4S/c1-3-25(27(35)30-17-18-37-2)38-29-32-24-12-8-7-11-23(24)28(36)33(29)19-20-13-15-21(16-14-20)26(34)31-22-9-5-4-6-10-22/h7-8,11-16,22,25H,3-6,9-10,17-19H2,1-2H3,(H,30,35)(H,31,34)/t25-/m0/s1. The smallest absolute Gasteiger partial charge is 0.262 e. The molecule has 0 saturated heterocycles. The second kappa shape index (κ2) is 13.6. The predicted octanol–water partition coefficient (Wildman–Crippen LogP) is 4.14. The van der Waals surface area contributed by atoms with Gasteiger partial charge in [-0.1, -0.05) is 62.2 Å². The second-order valence-electron chi connectivity index (χ2n) is 9.61. The molecule has 0 aliphatic heterocycles. The summed E-state index contributed by atoms with van der Waals surface area (Å²) in [5, 5.41) is 6.64. The Morgan fingerprint density at radius 3 is 2.55 bits per heavy atom. The molecule has 3 aromatic rings. The van der Waals surface area contributed by atoms with Crippen LogP contribution in [-0.4, -0.2) is 52.9 Å². The average Bonchev–Trinajstić information content (AvgIpc) is 2.94. The van der Waals surface area contributed by atoms with Crippen molar-refractivity contribution in [2.24, 2.45) is 0 Å². The van der Waals surface area contributed by atoms with Crippen molar-refractivity contribution in [2.45, 2.75) is 68.4 Å². The van der Waals surface area contributed by atoms with Crippen molar-refractivity contribution in [3.63, 3.8) is 0 Å². The quantitative estimate of drug-likeness (QED) is 0.217. The lowest BCUT2D eigenvalue weighted by Crippen LogP contribution is -2.36. The molecule has 2 N–H and O–H groups in total. The number of amides is 2. The van der Waals surface area contributed by atoms with Gasteiger partial charge in [-0.05, 0) is 49.1 Å². The van der Waals surface area contributed by atoms with Crippen molar-refractivity contribution in [3.8, 4) is 0 Å². The first-order chi connectivity index (χ1) is 18.5. The molecular weight excluding hydrogens is 500 g/mol. The van der Waals surface area contributed by atoms with Crippen molar-refractivity contribution < 1.29 is 14.3 Å². The highest BCUT2D eigenvalue weighted by Gasteiger charge is 2.22. The number of hydrogen-bond acceptors (Lipinski definition) is 6. The summed E-state index contributed by atoms with van der Waals surface area (Å²) in [6.45, 7) is 3.07. The normalized spacial score (nSPS) is 14.8. The van der Waals surface area contributed by atoms with E-state index in [0.29, 0.717) is 41.2 Å². The van der Waals surface area contributed by atoms with Gasteiger partial charge in [0.2, 0.25) is 5.91 Å². The average molecular weight is 537 g/mol. The first kappa shape index (κ1) is 27.9. The minimum atomic E-state index is -0.406. The van der Waals surface area contributed by atoms with Crippen molar-refractivity contribution in [1.82, 2.24) is 20.2 Å². The van der Waals surface area contributed by atoms with E-state index in [1.165, 1.54) is 18.2 Å².